The molecule has 15 heteroatoms. The van der Waals surface area contributed by atoms with Gasteiger partial charge in [0.15, 0.2) is 12.2 Å². The maximum atomic E-state index is 15.0. The van der Waals surface area contributed by atoms with Gasteiger partial charge >= 0.3 is 6.09 Å². The number of benzene rings is 1. The van der Waals surface area contributed by atoms with E-state index in [-0.39, 0.29) is 43.2 Å². The van der Waals surface area contributed by atoms with Crippen molar-refractivity contribution in [3.63, 3.8) is 0 Å². The van der Waals surface area contributed by atoms with Crippen LogP contribution in [0.1, 0.15) is 24.8 Å². The molecule has 1 aromatic carbocycles. The topological polar surface area (TPSA) is 184 Å². The molecule has 0 bridgehead atoms. The largest absolute Gasteiger partial charge is 0.467 e. The Bertz CT molecular complexity index is 1220. The Morgan fingerprint density at radius 2 is 2.07 bits per heavy atom. The Hall–Kier alpha value is -4.37. The summed E-state index contributed by atoms with van der Waals surface area (Å²) in [5.74, 6) is -0.893. The fourth-order valence-electron chi connectivity index (χ4n) is 4.06. The number of nitrogens with two attached hydrogens (primary N) is 1. The van der Waals surface area contributed by atoms with E-state index in [1.54, 1.807) is 12.1 Å². The lowest BCUT2D eigenvalue weighted by Gasteiger charge is -2.32. The molecular formula is C26H32FN7O7. The highest BCUT2D eigenvalue weighted by Gasteiger charge is 2.26. The summed E-state index contributed by atoms with van der Waals surface area (Å²) in [6, 6.07) is 4.67. The number of hydrogen-bond donors (Lipinski definition) is 3. The van der Waals surface area contributed by atoms with E-state index in [0.29, 0.717) is 44.3 Å². The van der Waals surface area contributed by atoms with Gasteiger partial charge in [-0.05, 0) is 19.3 Å². The van der Waals surface area contributed by atoms with Gasteiger partial charge in [0, 0.05) is 35.7 Å². The first-order valence-electron chi connectivity index (χ1n) is 13.0. The summed E-state index contributed by atoms with van der Waals surface area (Å²) in [7, 11) is 0. The van der Waals surface area contributed by atoms with Gasteiger partial charge in [0.05, 0.1) is 37.9 Å². The number of hydrogen-bond acceptors (Lipinski definition) is 12. The lowest BCUT2D eigenvalue weighted by Crippen LogP contribution is -2.48. The number of nitrogens with one attached hydrogen (secondary N) is 2. The molecule has 4 N–H and O–H groups in total. The molecule has 2 fully saturated rings. The van der Waals surface area contributed by atoms with E-state index in [4.69, 9.17) is 34.9 Å². The van der Waals surface area contributed by atoms with E-state index in [1.165, 1.54) is 18.5 Å². The molecule has 2 aliphatic heterocycles. The van der Waals surface area contributed by atoms with Crippen LogP contribution in [-0.2, 0) is 35.2 Å². The van der Waals surface area contributed by atoms with Crippen molar-refractivity contribution in [1.29, 1.82) is 5.41 Å². The summed E-state index contributed by atoms with van der Waals surface area (Å²) in [4.78, 5) is 38.2. The number of ether oxygens (including phenoxy) is 4. The van der Waals surface area contributed by atoms with E-state index >= 15 is 4.39 Å². The molecule has 0 radical (unpaired) electrons. The maximum absolute atomic E-state index is 15.0. The number of anilines is 1. The normalized spacial score (nSPS) is 17.1. The van der Waals surface area contributed by atoms with Crippen LogP contribution in [0.25, 0.3) is 11.1 Å². The van der Waals surface area contributed by atoms with Crippen molar-refractivity contribution in [2.45, 2.75) is 32.2 Å². The fourth-order valence-corrected chi connectivity index (χ4v) is 4.06. The van der Waals surface area contributed by atoms with Crippen LogP contribution >= 0.6 is 0 Å². The number of guanidine groups is 1. The standard InChI is InChI=1S/C26H32FN7O7/c27-23-18(15-40-26(36)32-24(28)29)4-3-5-21(23)19-8-30-25(31-9-19)34-10-20(11-34)33-41-14-17(12-37-16-35)13-39-22-6-1-2-7-38-22/h3-5,8-9,16-17,22H,1-2,6-7,10-15H2,(H4,28,29,32,36). The first kappa shape index (κ1) is 29.6. The van der Waals surface area contributed by atoms with Gasteiger partial charge in [-0.15, -0.1) is 0 Å². The third kappa shape index (κ3) is 8.81. The van der Waals surface area contributed by atoms with Gasteiger partial charge in [-0.2, -0.15) is 0 Å². The molecule has 2 saturated heterocycles. The zero-order valence-electron chi connectivity index (χ0n) is 22.3. The van der Waals surface area contributed by atoms with E-state index < -0.39 is 17.9 Å². The highest BCUT2D eigenvalue weighted by atomic mass is 19.1. The van der Waals surface area contributed by atoms with Crippen molar-refractivity contribution in [1.82, 2.24) is 15.3 Å². The van der Waals surface area contributed by atoms with Gasteiger partial charge in [0.1, 0.15) is 19.0 Å². The lowest BCUT2D eigenvalue weighted by atomic mass is 10.1. The van der Waals surface area contributed by atoms with Crippen LogP contribution in [0.3, 0.4) is 0 Å². The highest BCUT2D eigenvalue weighted by Crippen LogP contribution is 2.26. The number of aromatic nitrogens is 2. The molecule has 2 aliphatic rings. The van der Waals surface area contributed by atoms with Crippen molar-refractivity contribution in [3.05, 3.63) is 42.0 Å². The average molecular weight is 574 g/mol. The first-order valence-corrected chi connectivity index (χ1v) is 13.0. The number of oxime groups is 1. The summed E-state index contributed by atoms with van der Waals surface area (Å²) in [6.45, 7) is 2.34. The SMILES string of the molecule is N=C(N)NC(=O)OCc1cccc(-c2cnc(N3CC(=NOCC(COC=O)COC4CCCCO4)C3)nc2)c1F. The molecule has 2 atom stereocenters. The van der Waals surface area contributed by atoms with Crippen LogP contribution in [0.4, 0.5) is 15.1 Å². The maximum Gasteiger partial charge on any atom is 0.414 e. The van der Waals surface area contributed by atoms with Crippen molar-refractivity contribution in [2.24, 2.45) is 16.8 Å². The third-order valence-electron chi connectivity index (χ3n) is 6.21. The second-order valence-electron chi connectivity index (χ2n) is 9.40. The molecule has 2 aromatic rings. The molecule has 1 aromatic heterocycles. The molecule has 1 amide bonds. The predicted octanol–water partition coefficient (Wildman–Crippen LogP) is 1.93. The van der Waals surface area contributed by atoms with Crippen LogP contribution in [0.15, 0.2) is 35.7 Å². The Balaban J connectivity index is 1.25. The molecule has 220 valence electrons. The molecule has 14 nitrogen and oxygen atoms in total. The Kier molecular flexibility index (Phi) is 10.7. The van der Waals surface area contributed by atoms with E-state index in [1.807, 2.05) is 10.2 Å². The Morgan fingerprint density at radius 1 is 1.27 bits per heavy atom. The van der Waals surface area contributed by atoms with Gasteiger partial charge in [0.25, 0.3) is 6.47 Å². The van der Waals surface area contributed by atoms with Gasteiger partial charge in [-0.3, -0.25) is 15.5 Å². The van der Waals surface area contributed by atoms with Crippen LogP contribution < -0.4 is 16.0 Å². The number of nitrogens with zero attached hydrogens (tertiary/aromatic N) is 4. The lowest BCUT2D eigenvalue weighted by molar-refractivity contribution is -0.175. The van der Waals surface area contributed by atoms with Crippen LogP contribution in [0.5, 0.6) is 0 Å². The molecule has 0 spiro atoms. The van der Waals surface area contributed by atoms with E-state index in [9.17, 15) is 9.59 Å². The third-order valence-corrected chi connectivity index (χ3v) is 6.21. The number of amides is 1. The van der Waals surface area contributed by atoms with Gasteiger partial charge in [-0.1, -0.05) is 23.4 Å². The molecule has 4 rings (SSSR count). The molecule has 41 heavy (non-hydrogen) atoms. The molecule has 0 aliphatic carbocycles. The van der Waals surface area contributed by atoms with E-state index in [2.05, 4.69) is 15.1 Å². The minimum atomic E-state index is -0.955. The zero-order valence-corrected chi connectivity index (χ0v) is 22.3. The quantitative estimate of drug-likeness (QED) is 0.138. The van der Waals surface area contributed by atoms with Gasteiger partial charge < -0.3 is 34.4 Å². The second-order valence-corrected chi connectivity index (χ2v) is 9.40. The summed E-state index contributed by atoms with van der Waals surface area (Å²) >= 11 is 0. The molecular weight excluding hydrogens is 541 g/mol. The number of rotatable bonds is 13. The number of carbonyl (C=O) groups is 2. The zero-order chi connectivity index (χ0) is 29.0. The summed E-state index contributed by atoms with van der Waals surface area (Å²) in [6.07, 6.45) is 4.73. The minimum Gasteiger partial charge on any atom is -0.467 e. The van der Waals surface area contributed by atoms with Crippen LogP contribution in [0.2, 0.25) is 0 Å². The van der Waals surface area contributed by atoms with Crippen molar-refractivity contribution < 1.29 is 37.8 Å². The van der Waals surface area contributed by atoms with Crippen molar-refractivity contribution in [3.8, 4) is 11.1 Å². The van der Waals surface area contributed by atoms with Crippen molar-refractivity contribution >= 4 is 30.2 Å². The van der Waals surface area contributed by atoms with Gasteiger partial charge in [-0.25, -0.2) is 19.2 Å². The summed E-state index contributed by atoms with van der Waals surface area (Å²) in [5.41, 5.74) is 6.70. The summed E-state index contributed by atoms with van der Waals surface area (Å²) < 4.78 is 36.1. The van der Waals surface area contributed by atoms with Crippen LogP contribution in [0, 0.1) is 17.1 Å². The summed E-state index contributed by atoms with van der Waals surface area (Å²) in [5, 5.41) is 13.1. The molecule has 2 unspecified atom stereocenters. The minimum absolute atomic E-state index is 0.141. The monoisotopic (exact) mass is 573 g/mol. The molecule has 3 heterocycles. The van der Waals surface area contributed by atoms with E-state index in [0.717, 1.165) is 25.0 Å². The van der Waals surface area contributed by atoms with Gasteiger partial charge in [0.2, 0.25) is 5.95 Å². The van der Waals surface area contributed by atoms with Crippen LogP contribution in [-0.4, -0.2) is 80.0 Å². The first-order chi connectivity index (χ1) is 19.9. The fraction of sp³-hybridized carbons (Fsp3) is 0.462. The Labute approximate surface area is 235 Å². The van der Waals surface area contributed by atoms with Crippen molar-refractivity contribution in [2.75, 3.05) is 44.4 Å². The molecule has 0 saturated carbocycles. The smallest absolute Gasteiger partial charge is 0.414 e. The average Bonchev–Trinajstić information content (AvgIpc) is 2.95. The number of halogens is 1. The second kappa shape index (κ2) is 14.9. The predicted molar refractivity (Wildman–Crippen MR) is 143 cm³/mol. The number of carbonyl (C=O) groups excluding carboxylic acids is 2. The highest BCUT2D eigenvalue weighted by molar-refractivity contribution is 5.98. The Morgan fingerprint density at radius 3 is 2.78 bits per heavy atom. The number of alkyl carbamates (subject to hydrolysis) is 1.